The number of H-pyrrole nitrogens is 4. The van der Waals surface area contributed by atoms with Crippen molar-refractivity contribution in [2.45, 2.75) is 109 Å². The Labute approximate surface area is 711 Å². The topological polar surface area (TPSA) is 525 Å². The molecular weight excluding hydrogens is 1670 g/mol. The van der Waals surface area contributed by atoms with Gasteiger partial charge in [0.25, 0.3) is 0 Å². The van der Waals surface area contributed by atoms with Gasteiger partial charge in [-0.25, -0.2) is 83.1 Å². The number of aromatic nitrogens is 12. The van der Waals surface area contributed by atoms with Crippen LogP contribution < -0.4 is 21.3 Å². The average molecular weight is 1750 g/mol. The highest BCUT2D eigenvalue weighted by molar-refractivity contribution is 7.92. The van der Waals surface area contributed by atoms with Crippen LogP contribution in [0, 0.1) is 69.0 Å². The van der Waals surface area contributed by atoms with Crippen molar-refractivity contribution in [1.29, 1.82) is 21.0 Å². The second-order valence-electron chi connectivity index (χ2n) is 30.4. The molecule has 12 heterocycles. The Hall–Kier alpha value is -14.2. The zero-order valence-corrected chi connectivity index (χ0v) is 69.8. The van der Waals surface area contributed by atoms with E-state index >= 15 is 0 Å². The summed E-state index contributed by atoms with van der Waals surface area (Å²) in [6.07, 6.45) is 27.9. The summed E-state index contributed by atoms with van der Waals surface area (Å²) < 4.78 is 123. The number of sulfone groups is 4. The first kappa shape index (κ1) is 84.8. The number of nitrogens with one attached hydrogen (secondary N) is 8. The standard InChI is InChI=1S/2C22H19N5O3S.2C21H21N5O4S/c2*23-11-14-2-1-3-17(10-14)31(28,29)13-15-8-16(9-15)27-20-18-4-5-24-21(18)26-12-19(20)22-25-6-7-30-22;2*1-2-30-21(27)17-11-25-20-16(4-6-24-20)19(17)26-15-7-14(8-15)12-31(28,29)18-9-13(10-22)3-5-23-18/h2*1-7,10,12,15-16H,8-9,13H2,(H2,24,26,27);2*3-6,9,11,14-15H,2,7-8,12H2,1H3,(H2,24,25,26). The van der Waals surface area contributed by atoms with Gasteiger partial charge in [-0.2, -0.15) is 21.0 Å². The number of ether oxygens (including phenoxy) is 2. The van der Waals surface area contributed by atoms with E-state index in [9.17, 15) is 43.3 Å². The van der Waals surface area contributed by atoms with Crippen LogP contribution in [0.3, 0.4) is 0 Å². The number of carbonyl (C=O) groups excluding carboxylic acids is 2. The Morgan fingerprint density at radius 1 is 0.395 bits per heavy atom. The quantitative estimate of drug-likeness (QED) is 0.0233. The van der Waals surface area contributed by atoms with Gasteiger partial charge in [0.05, 0.1) is 139 Å². The maximum atomic E-state index is 12.8. The number of fused-ring (bicyclic) bond motifs is 4. The lowest BCUT2D eigenvalue weighted by Gasteiger charge is -2.36. The van der Waals surface area contributed by atoms with Crippen molar-refractivity contribution in [3.8, 4) is 47.2 Å². The molecule has 124 heavy (non-hydrogen) atoms. The molecule has 0 bridgehead atoms. The fraction of sp³-hybridized carbons (Fsp3) is 0.279. The molecule has 0 amide bonds. The van der Waals surface area contributed by atoms with Gasteiger partial charge in [-0.15, -0.1) is 0 Å². The predicted octanol–water partition coefficient (Wildman–Crippen LogP) is 12.8. The van der Waals surface area contributed by atoms with Gasteiger partial charge in [0.15, 0.2) is 49.4 Å². The van der Waals surface area contributed by atoms with Crippen LogP contribution in [0.4, 0.5) is 22.7 Å². The summed E-state index contributed by atoms with van der Waals surface area (Å²) in [5.74, 6) is 0.165. The number of anilines is 4. The SMILES string of the molecule is CCOC(=O)c1cnc2[nH]ccc2c1NC1CC(CS(=O)(=O)c2cc(C#N)ccn2)C1.CCOC(=O)c1cnc2[nH]ccc2c1NC1CC(CS(=O)(=O)c2cc(C#N)ccn2)C1.N#Cc1cccc(S(=O)(=O)CC2CC(Nc3c(-c4ncco4)cnc4[nH]ccc34)C2)c1.N#Cc1cccc(S(=O)(=O)CC2CC(Nc3c(-c4ncco4)cnc4[nH]ccc34)C2)c1. The van der Waals surface area contributed by atoms with Crippen LogP contribution in [-0.4, -0.2) is 166 Å². The van der Waals surface area contributed by atoms with Crippen LogP contribution >= 0.6 is 0 Å². The third-order valence-electron chi connectivity index (χ3n) is 21.8. The van der Waals surface area contributed by atoms with Crippen molar-refractivity contribution in [2.75, 3.05) is 57.5 Å². The first-order valence-electron chi connectivity index (χ1n) is 39.6. The molecule has 0 spiro atoms. The smallest absolute Gasteiger partial charge is 0.341 e. The minimum atomic E-state index is -3.58. The number of benzene rings is 2. The van der Waals surface area contributed by atoms with E-state index in [0.717, 1.165) is 81.0 Å². The van der Waals surface area contributed by atoms with Crippen LogP contribution in [0.25, 0.3) is 67.0 Å². The number of oxazole rings is 2. The second kappa shape index (κ2) is 36.6. The number of pyridine rings is 6. The van der Waals surface area contributed by atoms with Crippen LogP contribution in [0.15, 0.2) is 213 Å². The van der Waals surface area contributed by atoms with Gasteiger partial charge in [-0.1, -0.05) is 12.1 Å². The number of rotatable bonds is 26. The Bertz CT molecular complexity index is 6550. The van der Waals surface area contributed by atoms with E-state index < -0.39 is 51.3 Å². The molecule has 8 N–H and O–H groups in total. The molecule has 12 aromatic heterocycles. The monoisotopic (exact) mass is 1740 g/mol. The molecule has 18 rings (SSSR count). The highest BCUT2D eigenvalue weighted by atomic mass is 32.2. The fourth-order valence-corrected chi connectivity index (χ4v) is 22.2. The first-order chi connectivity index (χ1) is 59.9. The largest absolute Gasteiger partial charge is 0.462 e. The molecule has 4 aliphatic rings. The molecule has 34 nitrogen and oxygen atoms in total. The van der Waals surface area contributed by atoms with Crippen LogP contribution in [0.1, 0.15) is 108 Å². The molecule has 38 heteroatoms. The van der Waals surface area contributed by atoms with Gasteiger partial charge >= 0.3 is 11.9 Å². The molecule has 0 aliphatic heterocycles. The van der Waals surface area contributed by atoms with E-state index in [1.807, 2.05) is 60.9 Å². The van der Waals surface area contributed by atoms with Gasteiger partial charge < -0.3 is 59.5 Å². The lowest BCUT2D eigenvalue weighted by Crippen LogP contribution is -2.39. The zero-order valence-electron chi connectivity index (χ0n) is 66.6. The van der Waals surface area contributed by atoms with Crippen LogP contribution in [0.2, 0.25) is 0 Å². The van der Waals surface area contributed by atoms with Gasteiger partial charge in [-0.05, 0) is 174 Å². The van der Waals surface area contributed by atoms with Crippen molar-refractivity contribution in [3.05, 3.63) is 217 Å². The lowest BCUT2D eigenvalue weighted by molar-refractivity contribution is 0.0517. The molecule has 14 aromatic rings. The normalized spacial score (nSPS) is 18.3. The maximum Gasteiger partial charge on any atom is 0.341 e. The number of hydrogen-bond donors (Lipinski definition) is 8. The van der Waals surface area contributed by atoms with E-state index in [2.05, 4.69) is 81.1 Å². The summed E-state index contributed by atoms with van der Waals surface area (Å²) in [7, 11) is -14.0. The summed E-state index contributed by atoms with van der Waals surface area (Å²) in [6.45, 7) is 4.00. The molecular formula is C86H80N20O14S4. The number of aromatic amines is 4. The average Bonchev–Trinajstić information content (AvgIpc) is 1.51. The minimum absolute atomic E-state index is 0.0206. The summed E-state index contributed by atoms with van der Waals surface area (Å²) in [6, 6.07) is 33.6. The Morgan fingerprint density at radius 3 is 1.03 bits per heavy atom. The fourth-order valence-electron chi connectivity index (χ4n) is 15.6. The molecule has 4 fully saturated rings. The third-order valence-corrected chi connectivity index (χ3v) is 29.1. The van der Waals surface area contributed by atoms with Gasteiger partial charge in [0.1, 0.15) is 46.2 Å². The number of nitrogens with zero attached hydrogens (tertiary/aromatic N) is 12. The summed E-state index contributed by atoms with van der Waals surface area (Å²) in [5, 5.41) is 53.1. The van der Waals surface area contributed by atoms with Crippen molar-refractivity contribution >= 4 is 118 Å². The van der Waals surface area contributed by atoms with Crippen LogP contribution in [-0.2, 0) is 48.8 Å². The molecule has 0 radical (unpaired) electrons. The van der Waals surface area contributed by atoms with Crippen molar-refractivity contribution in [2.24, 2.45) is 23.7 Å². The Morgan fingerprint density at radius 2 is 0.710 bits per heavy atom. The van der Waals surface area contributed by atoms with Gasteiger partial charge in [-0.3, -0.25) is 0 Å². The zero-order chi connectivity index (χ0) is 86.9. The van der Waals surface area contributed by atoms with E-state index in [1.165, 1.54) is 73.7 Å². The number of carbonyl (C=O) groups is 2. The molecule has 4 saturated carbocycles. The first-order valence-corrected chi connectivity index (χ1v) is 46.2. The predicted molar refractivity (Wildman–Crippen MR) is 456 cm³/mol. The lowest BCUT2D eigenvalue weighted by atomic mass is 9.81. The molecule has 0 atom stereocenters. The van der Waals surface area contributed by atoms with Gasteiger partial charge in [0, 0.05) is 108 Å². The number of esters is 2. The third kappa shape index (κ3) is 19.1. The molecule has 0 saturated heterocycles. The Balaban J connectivity index is 0.000000128. The molecule has 2 aromatic carbocycles. The van der Waals surface area contributed by atoms with Gasteiger partial charge in [0.2, 0.25) is 11.8 Å². The van der Waals surface area contributed by atoms with Crippen molar-refractivity contribution in [1.82, 2.24) is 59.8 Å². The van der Waals surface area contributed by atoms with E-state index in [-0.39, 0.29) is 115 Å². The van der Waals surface area contributed by atoms with Crippen molar-refractivity contribution in [3.63, 3.8) is 0 Å². The molecule has 632 valence electrons. The number of nitriles is 4. The minimum Gasteiger partial charge on any atom is -0.462 e. The van der Waals surface area contributed by atoms with E-state index in [4.69, 9.17) is 39.4 Å². The highest BCUT2D eigenvalue weighted by Gasteiger charge is 2.40. The summed E-state index contributed by atoms with van der Waals surface area (Å²) in [4.78, 5) is 71.1. The van der Waals surface area contributed by atoms with E-state index in [0.29, 0.717) is 82.4 Å². The van der Waals surface area contributed by atoms with Crippen LogP contribution in [0.5, 0.6) is 0 Å². The summed E-state index contributed by atoms with van der Waals surface area (Å²) >= 11 is 0. The second-order valence-corrected chi connectivity index (χ2v) is 38.4. The Kier molecular flexibility index (Phi) is 25.1. The molecule has 0 unspecified atom stereocenters. The molecule has 4 aliphatic carbocycles. The summed E-state index contributed by atoms with van der Waals surface area (Å²) in [5.41, 5.74) is 9.30. The van der Waals surface area contributed by atoms with Crippen molar-refractivity contribution < 1.29 is 61.6 Å². The maximum absolute atomic E-state index is 12.8. The van der Waals surface area contributed by atoms with E-state index in [1.54, 1.807) is 87.4 Å². The number of hydrogen-bond acceptors (Lipinski definition) is 30. The highest BCUT2D eigenvalue weighted by Crippen LogP contribution is 2.43.